The minimum Gasteiger partial charge on any atom is -0.384 e. The molecule has 1 aromatic carbocycles. The third-order valence-corrected chi connectivity index (χ3v) is 4.57. The van der Waals surface area contributed by atoms with E-state index in [-0.39, 0.29) is 11.8 Å². The fraction of sp³-hybridized carbons (Fsp3) is 0.350. The van der Waals surface area contributed by atoms with Crippen molar-refractivity contribution in [3.63, 3.8) is 0 Å². The molecule has 2 aliphatic rings. The van der Waals surface area contributed by atoms with Crippen LogP contribution in [-0.2, 0) is 9.53 Å². The van der Waals surface area contributed by atoms with Gasteiger partial charge >= 0.3 is 0 Å². The minimum atomic E-state index is -0.115. The first-order valence-corrected chi connectivity index (χ1v) is 8.06. The number of allylic oxidation sites excluding steroid dienone is 4. The molecule has 1 amide bonds. The van der Waals surface area contributed by atoms with Crippen molar-refractivity contribution in [2.75, 3.05) is 25.2 Å². The highest BCUT2D eigenvalue weighted by molar-refractivity contribution is 6.02. The molecular formula is C20H23NO2. The topological polar surface area (TPSA) is 29.5 Å². The first-order chi connectivity index (χ1) is 11.1. The van der Waals surface area contributed by atoms with Crippen LogP contribution in [0.5, 0.6) is 0 Å². The number of methoxy groups -OCH3 is 1. The molecule has 2 atom stereocenters. The van der Waals surface area contributed by atoms with E-state index in [4.69, 9.17) is 4.74 Å². The van der Waals surface area contributed by atoms with E-state index in [2.05, 4.69) is 38.1 Å². The number of anilines is 1. The van der Waals surface area contributed by atoms with Crippen LogP contribution in [0.2, 0.25) is 0 Å². The van der Waals surface area contributed by atoms with Gasteiger partial charge in [0.1, 0.15) is 0 Å². The van der Waals surface area contributed by atoms with Gasteiger partial charge in [-0.05, 0) is 30.2 Å². The number of carbonyl (C=O) groups excluding carboxylic acids is 1. The Morgan fingerprint density at radius 2 is 2.00 bits per heavy atom. The van der Waals surface area contributed by atoms with Crippen molar-refractivity contribution in [1.29, 1.82) is 0 Å². The maximum Gasteiger partial charge on any atom is 0.238 e. The zero-order valence-electron chi connectivity index (χ0n) is 14.0. The van der Waals surface area contributed by atoms with E-state index >= 15 is 0 Å². The summed E-state index contributed by atoms with van der Waals surface area (Å²) in [6.07, 6.45) is 8.22. The van der Waals surface area contributed by atoms with E-state index in [1.54, 1.807) is 7.11 Å². The van der Waals surface area contributed by atoms with Gasteiger partial charge in [-0.15, -0.1) is 0 Å². The first-order valence-electron chi connectivity index (χ1n) is 8.06. The maximum absolute atomic E-state index is 12.7. The molecule has 1 fully saturated rings. The lowest BCUT2D eigenvalue weighted by Gasteiger charge is -2.18. The van der Waals surface area contributed by atoms with Gasteiger partial charge in [-0.1, -0.05) is 48.9 Å². The van der Waals surface area contributed by atoms with E-state index in [1.807, 2.05) is 29.2 Å². The molecule has 1 heterocycles. The number of fused-ring (bicyclic) bond motifs is 1. The highest BCUT2D eigenvalue weighted by atomic mass is 16.5. The molecule has 3 rings (SSSR count). The lowest BCUT2D eigenvalue weighted by atomic mass is 10.0. The molecule has 0 N–H and O–H groups in total. The molecule has 3 heteroatoms. The quantitative estimate of drug-likeness (QED) is 0.845. The number of carbonyl (C=O) groups is 1. The van der Waals surface area contributed by atoms with Gasteiger partial charge in [0.2, 0.25) is 5.91 Å². The van der Waals surface area contributed by atoms with E-state index < -0.39 is 0 Å². The zero-order valence-corrected chi connectivity index (χ0v) is 14.0. The van der Waals surface area contributed by atoms with E-state index in [1.165, 1.54) is 16.7 Å². The molecule has 1 aromatic rings. The van der Waals surface area contributed by atoms with Gasteiger partial charge in [-0.2, -0.15) is 0 Å². The summed E-state index contributed by atoms with van der Waals surface area (Å²) in [5, 5.41) is 0. The number of amides is 1. The molecule has 1 saturated heterocycles. The van der Waals surface area contributed by atoms with Gasteiger partial charge in [-0.3, -0.25) is 4.79 Å². The Hall–Kier alpha value is -2.13. The normalized spacial score (nSPS) is 21.6. The van der Waals surface area contributed by atoms with Gasteiger partial charge in [0.25, 0.3) is 0 Å². The molecule has 0 bridgehead atoms. The Labute approximate surface area is 137 Å². The van der Waals surface area contributed by atoms with E-state index in [0.717, 1.165) is 5.69 Å². The fourth-order valence-corrected chi connectivity index (χ4v) is 3.14. The highest BCUT2D eigenvalue weighted by Crippen LogP contribution is 2.32. The molecule has 23 heavy (non-hydrogen) atoms. The number of ether oxygens (including phenoxy) is 1. The molecular weight excluding hydrogens is 286 g/mol. The van der Waals surface area contributed by atoms with E-state index in [0.29, 0.717) is 19.1 Å². The summed E-state index contributed by atoms with van der Waals surface area (Å²) >= 11 is 0. The van der Waals surface area contributed by atoms with Gasteiger partial charge in [0.05, 0.1) is 12.5 Å². The molecule has 2 unspecified atom stereocenters. The summed E-state index contributed by atoms with van der Waals surface area (Å²) in [7, 11) is 1.72. The van der Waals surface area contributed by atoms with Crippen LogP contribution in [0.25, 0.3) is 0 Å². The number of hydrogen-bond donors (Lipinski definition) is 0. The molecule has 3 nitrogen and oxygen atoms in total. The van der Waals surface area contributed by atoms with Crippen LogP contribution < -0.4 is 4.90 Å². The van der Waals surface area contributed by atoms with Gasteiger partial charge in [0, 0.05) is 25.3 Å². The molecule has 1 aliphatic carbocycles. The Bertz CT molecular complexity index is 682. The zero-order chi connectivity index (χ0) is 16.4. The molecule has 0 spiro atoms. The minimum absolute atomic E-state index is 0.115. The Morgan fingerprint density at radius 1 is 1.26 bits per heavy atom. The number of nitrogens with zero attached hydrogens (tertiary/aromatic N) is 1. The second kappa shape index (κ2) is 6.55. The molecule has 120 valence electrons. The van der Waals surface area contributed by atoms with Crippen molar-refractivity contribution in [3.05, 3.63) is 65.3 Å². The largest absolute Gasteiger partial charge is 0.384 e. The molecule has 0 radical (unpaired) electrons. The monoisotopic (exact) mass is 309 g/mol. The van der Waals surface area contributed by atoms with Crippen LogP contribution in [0.1, 0.15) is 25.3 Å². The first kappa shape index (κ1) is 15.8. The summed E-state index contributed by atoms with van der Waals surface area (Å²) < 4.78 is 5.20. The number of benzene rings is 1. The van der Waals surface area contributed by atoms with Crippen LogP contribution in [0.15, 0.2) is 59.7 Å². The van der Waals surface area contributed by atoms with Crippen LogP contribution in [0.4, 0.5) is 5.69 Å². The van der Waals surface area contributed by atoms with Crippen molar-refractivity contribution in [2.45, 2.75) is 19.8 Å². The predicted molar refractivity (Wildman–Crippen MR) is 93.6 cm³/mol. The van der Waals surface area contributed by atoms with Crippen molar-refractivity contribution in [2.24, 2.45) is 5.92 Å². The third kappa shape index (κ3) is 3.15. The van der Waals surface area contributed by atoms with Gasteiger partial charge in [-0.25, -0.2) is 0 Å². The summed E-state index contributed by atoms with van der Waals surface area (Å²) in [6, 6.07) is 8.26. The molecule has 0 aromatic heterocycles. The third-order valence-electron chi connectivity index (χ3n) is 4.57. The predicted octanol–water partition coefficient (Wildman–Crippen LogP) is 3.84. The van der Waals surface area contributed by atoms with Crippen molar-refractivity contribution >= 4 is 11.6 Å². The second-order valence-electron chi connectivity index (χ2n) is 6.36. The maximum atomic E-state index is 12.7. The van der Waals surface area contributed by atoms with Crippen LogP contribution in [0.3, 0.4) is 0 Å². The van der Waals surface area contributed by atoms with Crippen LogP contribution in [0, 0.1) is 5.92 Å². The summed E-state index contributed by atoms with van der Waals surface area (Å²) in [6.45, 7) is 5.57. The van der Waals surface area contributed by atoms with Gasteiger partial charge in [0.15, 0.2) is 0 Å². The Balaban J connectivity index is 1.81. The fourth-order valence-electron chi connectivity index (χ4n) is 3.14. The highest BCUT2D eigenvalue weighted by Gasteiger charge is 2.35. The number of rotatable bonds is 4. The Morgan fingerprint density at radius 3 is 2.70 bits per heavy atom. The summed E-state index contributed by atoms with van der Waals surface area (Å²) in [5.74, 6) is 0.400. The SMILES string of the molecule is COCC(C)c1ccc(N2CC3=CC=C(C)C=CC3C2=O)cc1. The lowest BCUT2D eigenvalue weighted by molar-refractivity contribution is -0.118. The van der Waals surface area contributed by atoms with Crippen molar-refractivity contribution < 1.29 is 9.53 Å². The standard InChI is InChI=1S/C20H23NO2/c1-14-4-6-17-12-21(20(22)19(17)11-5-14)18-9-7-16(8-10-18)15(2)13-23-3/h4-11,15,19H,12-13H2,1-3H3. The lowest BCUT2D eigenvalue weighted by Crippen LogP contribution is -2.26. The summed E-state index contributed by atoms with van der Waals surface area (Å²) in [5.41, 5.74) is 4.54. The van der Waals surface area contributed by atoms with E-state index in [9.17, 15) is 4.79 Å². The molecule has 1 aliphatic heterocycles. The number of hydrogen-bond acceptors (Lipinski definition) is 2. The summed E-state index contributed by atoms with van der Waals surface area (Å²) in [4.78, 5) is 14.6. The van der Waals surface area contributed by atoms with Crippen molar-refractivity contribution in [1.82, 2.24) is 0 Å². The van der Waals surface area contributed by atoms with Crippen molar-refractivity contribution in [3.8, 4) is 0 Å². The van der Waals surface area contributed by atoms with Gasteiger partial charge < -0.3 is 9.64 Å². The molecule has 0 saturated carbocycles. The van der Waals surface area contributed by atoms with Crippen LogP contribution in [-0.4, -0.2) is 26.2 Å². The van der Waals surface area contributed by atoms with Crippen LogP contribution >= 0.6 is 0 Å². The Kier molecular flexibility index (Phi) is 4.49. The smallest absolute Gasteiger partial charge is 0.238 e. The average Bonchev–Trinajstić information content (AvgIpc) is 2.74. The second-order valence-corrected chi connectivity index (χ2v) is 6.36. The average molecular weight is 309 g/mol.